The van der Waals surface area contributed by atoms with E-state index in [-0.39, 0.29) is 19.7 Å². The van der Waals surface area contributed by atoms with Crippen LogP contribution >= 0.6 is 0 Å². The van der Waals surface area contributed by atoms with Crippen molar-refractivity contribution in [1.29, 1.82) is 0 Å². The Hall–Kier alpha value is -3.10. The van der Waals surface area contributed by atoms with Crippen molar-refractivity contribution in [1.82, 2.24) is 15.1 Å². The molecule has 1 aliphatic heterocycles. The number of benzene rings is 1. The highest BCUT2D eigenvalue weighted by atomic mass is 16.5. The summed E-state index contributed by atoms with van der Waals surface area (Å²) in [5, 5.41) is 2.54. The third-order valence-corrected chi connectivity index (χ3v) is 3.63. The zero-order chi connectivity index (χ0) is 19.1. The van der Waals surface area contributed by atoms with Gasteiger partial charge in [0.25, 0.3) is 0 Å². The number of rotatable bonds is 9. The van der Waals surface area contributed by atoms with E-state index >= 15 is 0 Å². The van der Waals surface area contributed by atoms with Crippen molar-refractivity contribution in [3.8, 4) is 11.5 Å². The van der Waals surface area contributed by atoms with Crippen LogP contribution in [0.25, 0.3) is 0 Å². The van der Waals surface area contributed by atoms with Crippen LogP contribution < -0.4 is 14.8 Å². The molecule has 140 valence electrons. The second-order valence-corrected chi connectivity index (χ2v) is 5.48. The van der Waals surface area contributed by atoms with Crippen LogP contribution in [0.5, 0.6) is 11.5 Å². The molecule has 1 aromatic rings. The number of methoxy groups -OCH3 is 1. The number of nitrogens with zero attached hydrogens (tertiary/aromatic N) is 2. The fourth-order valence-electron chi connectivity index (χ4n) is 2.40. The molecule has 0 aromatic heterocycles. The molecule has 1 N–H and O–H groups in total. The maximum Gasteiger partial charge on any atom is 0.334 e. The second-order valence-electron chi connectivity index (χ2n) is 5.48. The summed E-state index contributed by atoms with van der Waals surface area (Å²) in [6.07, 6.45) is 0.533. The van der Waals surface area contributed by atoms with Crippen molar-refractivity contribution < 1.29 is 28.7 Å². The van der Waals surface area contributed by atoms with E-state index in [0.717, 1.165) is 4.90 Å². The Labute approximate surface area is 150 Å². The van der Waals surface area contributed by atoms with E-state index in [9.17, 15) is 19.2 Å². The van der Waals surface area contributed by atoms with E-state index in [0.29, 0.717) is 22.8 Å². The molecule has 0 saturated carbocycles. The van der Waals surface area contributed by atoms with Crippen molar-refractivity contribution >= 4 is 23.8 Å². The zero-order valence-electron chi connectivity index (χ0n) is 14.7. The van der Waals surface area contributed by atoms with Crippen LogP contribution in [-0.4, -0.2) is 66.9 Å². The van der Waals surface area contributed by atoms with E-state index in [1.807, 2.05) is 0 Å². The molecule has 0 spiro atoms. The van der Waals surface area contributed by atoms with Gasteiger partial charge < -0.3 is 14.8 Å². The molecule has 5 amide bonds. The van der Waals surface area contributed by atoms with Crippen molar-refractivity contribution in [2.45, 2.75) is 13.3 Å². The van der Waals surface area contributed by atoms with Gasteiger partial charge in [-0.25, -0.2) is 9.69 Å². The molecule has 0 radical (unpaired) electrons. The smallest absolute Gasteiger partial charge is 0.334 e. The first-order valence-corrected chi connectivity index (χ1v) is 8.19. The minimum absolute atomic E-state index is 0.147. The van der Waals surface area contributed by atoms with Crippen LogP contribution in [0.3, 0.4) is 0 Å². The predicted octanol–water partition coefficient (Wildman–Crippen LogP) is 0.391. The normalized spacial score (nSPS) is 14.0. The van der Waals surface area contributed by atoms with Crippen LogP contribution in [0.1, 0.15) is 13.3 Å². The van der Waals surface area contributed by atoms with Crippen molar-refractivity contribution in [3.05, 3.63) is 24.3 Å². The molecule has 0 bridgehead atoms. The highest BCUT2D eigenvalue weighted by Gasteiger charge is 2.44. The van der Waals surface area contributed by atoms with Crippen LogP contribution in [-0.2, 0) is 14.4 Å². The summed E-state index contributed by atoms with van der Waals surface area (Å²) in [5.74, 6) is -1.33. The van der Waals surface area contributed by atoms with Gasteiger partial charge in [-0.2, -0.15) is 0 Å². The molecule has 1 aliphatic rings. The Kier molecular flexibility index (Phi) is 6.54. The molecule has 1 aromatic carbocycles. The van der Waals surface area contributed by atoms with Gasteiger partial charge in [-0.3, -0.25) is 19.3 Å². The van der Waals surface area contributed by atoms with Crippen molar-refractivity contribution in [3.63, 3.8) is 0 Å². The first-order chi connectivity index (χ1) is 12.5. The number of hydrogen-bond donors (Lipinski definition) is 1. The lowest BCUT2D eigenvalue weighted by Gasteiger charge is -2.15. The number of para-hydroxylation sites is 2. The molecule has 1 fully saturated rings. The van der Waals surface area contributed by atoms with Gasteiger partial charge in [0.05, 0.1) is 13.7 Å². The Morgan fingerprint density at radius 3 is 2.38 bits per heavy atom. The molecular formula is C17H21N3O6. The number of imide groups is 2. The molecule has 1 heterocycles. The van der Waals surface area contributed by atoms with Gasteiger partial charge >= 0.3 is 17.8 Å². The van der Waals surface area contributed by atoms with Crippen molar-refractivity contribution in [2.75, 3.05) is 33.4 Å². The van der Waals surface area contributed by atoms with Crippen LogP contribution in [0.4, 0.5) is 4.79 Å². The topological polar surface area (TPSA) is 105 Å². The highest BCUT2D eigenvalue weighted by molar-refractivity contribution is 6.45. The zero-order valence-corrected chi connectivity index (χ0v) is 14.7. The van der Waals surface area contributed by atoms with Gasteiger partial charge in [0, 0.05) is 6.54 Å². The molecule has 0 unspecified atom stereocenters. The van der Waals surface area contributed by atoms with Crippen LogP contribution in [0.15, 0.2) is 24.3 Å². The van der Waals surface area contributed by atoms with E-state index in [2.05, 4.69) is 5.32 Å². The van der Waals surface area contributed by atoms with Crippen molar-refractivity contribution in [2.24, 2.45) is 0 Å². The average Bonchev–Trinajstić information content (AvgIpc) is 2.84. The molecule has 9 nitrogen and oxygen atoms in total. The van der Waals surface area contributed by atoms with Gasteiger partial charge in [-0.1, -0.05) is 19.1 Å². The minimum atomic E-state index is -0.983. The lowest BCUT2D eigenvalue weighted by atomic mass is 10.3. The summed E-state index contributed by atoms with van der Waals surface area (Å²) in [7, 11) is 1.52. The maximum atomic E-state index is 12.0. The largest absolute Gasteiger partial charge is 0.493 e. The monoisotopic (exact) mass is 363 g/mol. The number of amides is 5. The Bertz CT molecular complexity index is 705. The first-order valence-electron chi connectivity index (χ1n) is 8.19. The molecule has 26 heavy (non-hydrogen) atoms. The third-order valence-electron chi connectivity index (χ3n) is 3.63. The summed E-state index contributed by atoms with van der Waals surface area (Å²) in [6, 6.07) is 6.32. The molecular weight excluding hydrogens is 342 g/mol. The predicted molar refractivity (Wildman–Crippen MR) is 90.6 cm³/mol. The number of carbonyl (C=O) groups excluding carboxylic acids is 4. The Balaban J connectivity index is 1.79. The summed E-state index contributed by atoms with van der Waals surface area (Å²) in [4.78, 5) is 49.0. The van der Waals surface area contributed by atoms with Gasteiger partial charge in [0.2, 0.25) is 5.91 Å². The Morgan fingerprint density at radius 1 is 1.08 bits per heavy atom. The van der Waals surface area contributed by atoms with E-state index in [1.165, 1.54) is 7.11 Å². The summed E-state index contributed by atoms with van der Waals surface area (Å²) in [5.41, 5.74) is 0. The standard InChI is InChI=1S/C17H21N3O6/c1-3-9-19-15(22)16(23)20(17(19)24)11-14(21)18-8-10-26-13-7-5-4-6-12(13)25-2/h4-7H,3,8-11H2,1-2H3,(H,18,21). The lowest BCUT2D eigenvalue weighted by molar-refractivity contribution is -0.144. The third kappa shape index (κ3) is 4.29. The lowest BCUT2D eigenvalue weighted by Crippen LogP contribution is -2.42. The first kappa shape index (κ1) is 19.2. The number of ether oxygens (including phenoxy) is 2. The minimum Gasteiger partial charge on any atom is -0.493 e. The average molecular weight is 363 g/mol. The quantitative estimate of drug-likeness (QED) is 0.387. The fraction of sp³-hybridized carbons (Fsp3) is 0.412. The molecule has 0 atom stereocenters. The number of hydrogen-bond acceptors (Lipinski definition) is 6. The molecule has 1 saturated heterocycles. The molecule has 2 rings (SSSR count). The van der Waals surface area contributed by atoms with Gasteiger partial charge in [-0.15, -0.1) is 0 Å². The summed E-state index contributed by atoms with van der Waals surface area (Å²) in [6.45, 7) is 1.77. The highest BCUT2D eigenvalue weighted by Crippen LogP contribution is 2.25. The van der Waals surface area contributed by atoms with E-state index < -0.39 is 30.3 Å². The van der Waals surface area contributed by atoms with Gasteiger partial charge in [0.1, 0.15) is 13.2 Å². The number of urea groups is 1. The SMILES string of the molecule is CCCN1C(=O)C(=O)N(CC(=O)NCCOc2ccccc2OC)C1=O. The van der Waals surface area contributed by atoms with Gasteiger partial charge in [-0.05, 0) is 18.6 Å². The second kappa shape index (κ2) is 8.84. The molecule has 9 heteroatoms. The summed E-state index contributed by atoms with van der Waals surface area (Å²) < 4.78 is 10.7. The van der Waals surface area contributed by atoms with E-state index in [4.69, 9.17) is 9.47 Å². The van der Waals surface area contributed by atoms with Crippen LogP contribution in [0.2, 0.25) is 0 Å². The number of nitrogens with one attached hydrogen (secondary N) is 1. The summed E-state index contributed by atoms with van der Waals surface area (Å²) >= 11 is 0. The number of carbonyl (C=O) groups is 4. The maximum absolute atomic E-state index is 12.0. The van der Waals surface area contributed by atoms with Gasteiger partial charge in [0.15, 0.2) is 11.5 Å². The Morgan fingerprint density at radius 2 is 1.73 bits per heavy atom. The fourth-order valence-corrected chi connectivity index (χ4v) is 2.40. The van der Waals surface area contributed by atoms with Crippen LogP contribution in [0, 0.1) is 0 Å². The molecule has 0 aliphatic carbocycles. The van der Waals surface area contributed by atoms with E-state index in [1.54, 1.807) is 31.2 Å².